The van der Waals surface area contributed by atoms with Crippen molar-refractivity contribution in [1.29, 1.82) is 0 Å². The number of nitrogens with one attached hydrogen (secondary N) is 1. The molecule has 0 spiro atoms. The van der Waals surface area contributed by atoms with Crippen LogP contribution in [0.5, 0.6) is 0 Å². The fraction of sp³-hybridized carbons (Fsp3) is 0.429. The molecule has 1 unspecified atom stereocenters. The van der Waals surface area contributed by atoms with Crippen molar-refractivity contribution >= 4 is 11.8 Å². The predicted molar refractivity (Wildman–Crippen MR) is 47.2 cm³/mol. The number of carboxylic acids is 1. The van der Waals surface area contributed by atoms with Crippen LogP contribution in [0.2, 0.25) is 0 Å². The Morgan fingerprint density at radius 3 is 2.87 bits per heavy atom. The maximum absolute atomic E-state index is 10.6. The molecule has 1 atom stereocenters. The van der Waals surface area contributed by atoms with Crippen LogP contribution in [0.15, 0.2) is 6.20 Å². The monoisotopic (exact) mass is 215 g/mol. The van der Waals surface area contributed by atoms with E-state index in [9.17, 15) is 20.0 Å². The third kappa shape index (κ3) is 2.29. The van der Waals surface area contributed by atoms with E-state index in [2.05, 4.69) is 10.2 Å². The van der Waals surface area contributed by atoms with Gasteiger partial charge >= 0.3 is 11.8 Å². The summed E-state index contributed by atoms with van der Waals surface area (Å²) in [7, 11) is 0. The summed E-state index contributed by atoms with van der Waals surface area (Å²) in [4.78, 5) is 20.3. The zero-order chi connectivity index (χ0) is 11.6. The van der Waals surface area contributed by atoms with Crippen molar-refractivity contribution in [2.24, 2.45) is 0 Å². The zero-order valence-electron chi connectivity index (χ0n) is 7.80. The first kappa shape index (κ1) is 11.1. The van der Waals surface area contributed by atoms with E-state index in [1.807, 2.05) is 0 Å². The lowest BCUT2D eigenvalue weighted by Gasteiger charge is -2.15. The van der Waals surface area contributed by atoms with Gasteiger partial charge in [0.15, 0.2) is 5.60 Å². The lowest BCUT2D eigenvalue weighted by atomic mass is 9.98. The minimum atomic E-state index is -2.05. The number of hydrogen-bond acceptors (Lipinski definition) is 5. The second kappa shape index (κ2) is 3.65. The van der Waals surface area contributed by atoms with Crippen LogP contribution in [0.1, 0.15) is 12.5 Å². The van der Waals surface area contributed by atoms with E-state index in [-0.39, 0.29) is 12.0 Å². The molecule has 0 aromatic carbocycles. The third-order valence-electron chi connectivity index (χ3n) is 1.87. The minimum absolute atomic E-state index is 0.0485. The van der Waals surface area contributed by atoms with Gasteiger partial charge in [0.05, 0.1) is 11.8 Å². The Kier molecular flexibility index (Phi) is 2.71. The number of nitrogens with zero attached hydrogens (tertiary/aromatic N) is 2. The summed E-state index contributed by atoms with van der Waals surface area (Å²) >= 11 is 0. The summed E-state index contributed by atoms with van der Waals surface area (Å²) in [5.41, 5.74) is -2.00. The molecular formula is C7H9N3O5. The number of hydrogen-bond donors (Lipinski definition) is 3. The molecule has 0 aliphatic carbocycles. The number of aromatic amines is 1. The van der Waals surface area contributed by atoms with Crippen molar-refractivity contribution in [2.75, 3.05) is 0 Å². The Hall–Kier alpha value is -1.96. The Morgan fingerprint density at radius 1 is 1.80 bits per heavy atom. The normalized spacial score (nSPS) is 14.5. The van der Waals surface area contributed by atoms with Crippen molar-refractivity contribution in [2.45, 2.75) is 18.9 Å². The van der Waals surface area contributed by atoms with Gasteiger partial charge in [-0.05, 0) is 11.8 Å². The van der Waals surface area contributed by atoms with Gasteiger partial charge in [0, 0.05) is 6.42 Å². The summed E-state index contributed by atoms with van der Waals surface area (Å²) in [6, 6.07) is 0. The molecular weight excluding hydrogens is 206 g/mol. The zero-order valence-corrected chi connectivity index (χ0v) is 7.80. The van der Waals surface area contributed by atoms with Crippen LogP contribution in [0, 0.1) is 10.1 Å². The predicted octanol–water partition coefficient (Wildman–Crippen LogP) is -0.304. The van der Waals surface area contributed by atoms with E-state index in [0.717, 1.165) is 13.1 Å². The Bertz CT molecular complexity index is 397. The Labute approximate surface area is 83.7 Å². The Morgan fingerprint density at radius 2 is 2.40 bits per heavy atom. The molecule has 0 bridgehead atoms. The molecule has 0 aliphatic rings. The van der Waals surface area contributed by atoms with Gasteiger partial charge in [-0.25, -0.2) is 4.79 Å². The summed E-state index contributed by atoms with van der Waals surface area (Å²) < 4.78 is 0. The lowest BCUT2D eigenvalue weighted by Crippen LogP contribution is -2.37. The molecule has 82 valence electrons. The summed E-state index contributed by atoms with van der Waals surface area (Å²) in [5.74, 6) is -1.85. The van der Waals surface area contributed by atoms with Crippen LogP contribution in [0.4, 0.5) is 5.82 Å². The van der Waals surface area contributed by atoms with Gasteiger partial charge in [-0.3, -0.25) is 0 Å². The number of rotatable bonds is 4. The number of carboxylic acid groups (broad SMARTS) is 1. The molecule has 1 heterocycles. The molecule has 8 nitrogen and oxygen atoms in total. The summed E-state index contributed by atoms with van der Waals surface area (Å²) in [6.45, 7) is 1.06. The average molecular weight is 215 g/mol. The number of H-pyrrole nitrogens is 1. The van der Waals surface area contributed by atoms with E-state index < -0.39 is 22.3 Å². The largest absolute Gasteiger partial charge is 0.479 e. The summed E-state index contributed by atoms with van der Waals surface area (Å²) in [5, 5.41) is 34.0. The molecule has 8 heteroatoms. The van der Waals surface area contributed by atoms with Crippen LogP contribution in [-0.2, 0) is 11.2 Å². The molecule has 1 aromatic heterocycles. The quantitative estimate of drug-likeness (QED) is 0.466. The second-order valence-electron chi connectivity index (χ2n) is 3.26. The number of aliphatic hydroxyl groups is 1. The summed E-state index contributed by atoms with van der Waals surface area (Å²) in [6.07, 6.45) is 0.741. The molecule has 0 amide bonds. The van der Waals surface area contributed by atoms with E-state index in [1.54, 1.807) is 0 Å². The van der Waals surface area contributed by atoms with E-state index in [4.69, 9.17) is 5.11 Å². The van der Waals surface area contributed by atoms with E-state index >= 15 is 0 Å². The first-order chi connectivity index (χ1) is 6.84. The highest BCUT2D eigenvalue weighted by Crippen LogP contribution is 2.20. The van der Waals surface area contributed by atoms with Crippen molar-refractivity contribution in [3.05, 3.63) is 21.9 Å². The number of aromatic nitrogens is 2. The van der Waals surface area contributed by atoms with Crippen molar-refractivity contribution < 1.29 is 19.9 Å². The highest BCUT2D eigenvalue weighted by molar-refractivity contribution is 5.77. The standard InChI is InChI=1S/C7H9N3O5/c1-7(13,6(11)12)2-4-3-8-9-5(4)10(14)15/h3,13H,2H2,1H3,(H,8,9)(H,11,12). The van der Waals surface area contributed by atoms with Crippen molar-refractivity contribution in [3.63, 3.8) is 0 Å². The molecule has 0 radical (unpaired) electrons. The molecule has 3 N–H and O–H groups in total. The first-order valence-electron chi connectivity index (χ1n) is 3.97. The van der Waals surface area contributed by atoms with Gasteiger partial charge in [0.25, 0.3) is 0 Å². The highest BCUT2D eigenvalue weighted by atomic mass is 16.6. The highest BCUT2D eigenvalue weighted by Gasteiger charge is 2.33. The van der Waals surface area contributed by atoms with E-state index in [1.165, 1.54) is 0 Å². The smallest absolute Gasteiger partial charge is 0.345 e. The maximum Gasteiger partial charge on any atom is 0.345 e. The lowest BCUT2D eigenvalue weighted by molar-refractivity contribution is -0.390. The first-order valence-corrected chi connectivity index (χ1v) is 3.97. The number of carbonyl (C=O) groups is 1. The van der Waals surface area contributed by atoms with Crippen LogP contribution >= 0.6 is 0 Å². The van der Waals surface area contributed by atoms with Crippen LogP contribution in [0.3, 0.4) is 0 Å². The van der Waals surface area contributed by atoms with Crippen molar-refractivity contribution in [3.8, 4) is 0 Å². The van der Waals surface area contributed by atoms with Crippen LogP contribution < -0.4 is 0 Å². The molecule has 0 fully saturated rings. The molecule has 15 heavy (non-hydrogen) atoms. The van der Waals surface area contributed by atoms with Gasteiger partial charge < -0.3 is 20.3 Å². The van der Waals surface area contributed by atoms with Crippen molar-refractivity contribution in [1.82, 2.24) is 10.2 Å². The Balaban J connectivity index is 2.95. The fourth-order valence-corrected chi connectivity index (χ4v) is 1.04. The molecule has 1 rings (SSSR count). The molecule has 0 saturated carbocycles. The average Bonchev–Trinajstić information content (AvgIpc) is 2.51. The van der Waals surface area contributed by atoms with E-state index in [0.29, 0.717) is 0 Å². The topological polar surface area (TPSA) is 129 Å². The molecule has 0 saturated heterocycles. The second-order valence-corrected chi connectivity index (χ2v) is 3.26. The number of nitro groups is 1. The minimum Gasteiger partial charge on any atom is -0.479 e. The third-order valence-corrected chi connectivity index (χ3v) is 1.87. The van der Waals surface area contributed by atoms with Crippen LogP contribution in [-0.4, -0.2) is 36.9 Å². The van der Waals surface area contributed by atoms with Crippen LogP contribution in [0.25, 0.3) is 0 Å². The molecule has 0 aliphatic heterocycles. The van der Waals surface area contributed by atoms with Gasteiger partial charge in [0.2, 0.25) is 0 Å². The number of aliphatic carboxylic acids is 1. The van der Waals surface area contributed by atoms with Gasteiger partial charge in [-0.15, -0.1) is 5.10 Å². The fourth-order valence-electron chi connectivity index (χ4n) is 1.04. The van der Waals surface area contributed by atoms with Gasteiger partial charge in [-0.2, -0.15) is 0 Å². The van der Waals surface area contributed by atoms with Gasteiger partial charge in [0.1, 0.15) is 0 Å². The SMILES string of the molecule is CC(O)(Cc1cn[nH]c1[N+](=O)[O-])C(=O)O. The molecule has 1 aromatic rings. The van der Waals surface area contributed by atoms with Gasteiger partial charge in [-0.1, -0.05) is 5.10 Å². The maximum atomic E-state index is 10.6.